The summed E-state index contributed by atoms with van der Waals surface area (Å²) in [5.74, 6) is 0.741. The van der Waals surface area contributed by atoms with Crippen LogP contribution < -0.4 is 4.90 Å². The van der Waals surface area contributed by atoms with Gasteiger partial charge >= 0.3 is 0 Å². The van der Waals surface area contributed by atoms with E-state index in [9.17, 15) is 0 Å². The number of aromatic nitrogens is 2. The van der Waals surface area contributed by atoms with Crippen LogP contribution in [-0.2, 0) is 7.05 Å². The van der Waals surface area contributed by atoms with E-state index in [4.69, 9.17) is 11.6 Å². The van der Waals surface area contributed by atoms with Crippen LogP contribution in [0.25, 0.3) is 11.3 Å². The maximum Gasteiger partial charge on any atom is 0.0693 e. The van der Waals surface area contributed by atoms with Crippen molar-refractivity contribution in [3.05, 3.63) is 35.5 Å². The molecule has 0 aliphatic carbocycles. The van der Waals surface area contributed by atoms with Crippen LogP contribution in [0.1, 0.15) is 20.3 Å². The predicted molar refractivity (Wildman–Crippen MR) is 84.2 cm³/mol. The summed E-state index contributed by atoms with van der Waals surface area (Å²) in [5, 5.41) is 4.99. The quantitative estimate of drug-likeness (QED) is 0.834. The molecule has 106 valence electrons. The van der Waals surface area contributed by atoms with Crippen molar-refractivity contribution in [2.24, 2.45) is 13.0 Å². The van der Waals surface area contributed by atoms with Gasteiger partial charge in [0.1, 0.15) is 0 Å². The Kier molecular flexibility index (Phi) is 3.47. The predicted octanol–water partition coefficient (Wildman–Crippen LogP) is 3.98. The summed E-state index contributed by atoms with van der Waals surface area (Å²) >= 11 is 6.49. The second-order valence-electron chi connectivity index (χ2n) is 5.70. The van der Waals surface area contributed by atoms with Gasteiger partial charge in [0.15, 0.2) is 0 Å². The van der Waals surface area contributed by atoms with Crippen LogP contribution in [0.3, 0.4) is 0 Å². The molecule has 1 aliphatic rings. The van der Waals surface area contributed by atoms with Gasteiger partial charge in [0.2, 0.25) is 0 Å². The van der Waals surface area contributed by atoms with E-state index in [0.29, 0.717) is 6.04 Å². The number of hydrogen-bond donors (Lipinski definition) is 0. The van der Waals surface area contributed by atoms with E-state index in [1.807, 2.05) is 17.8 Å². The number of benzene rings is 1. The van der Waals surface area contributed by atoms with Crippen LogP contribution in [0, 0.1) is 5.92 Å². The Bertz CT molecular complexity index is 620. The topological polar surface area (TPSA) is 21.1 Å². The van der Waals surface area contributed by atoms with Crippen molar-refractivity contribution in [3.8, 4) is 11.3 Å². The molecule has 1 fully saturated rings. The van der Waals surface area contributed by atoms with Crippen LogP contribution in [0.5, 0.6) is 0 Å². The molecular formula is C16H20ClN3. The van der Waals surface area contributed by atoms with Crippen LogP contribution >= 0.6 is 11.6 Å². The van der Waals surface area contributed by atoms with Gasteiger partial charge in [0.25, 0.3) is 0 Å². The Labute approximate surface area is 125 Å². The summed E-state index contributed by atoms with van der Waals surface area (Å²) in [6, 6.07) is 8.92. The second kappa shape index (κ2) is 5.13. The Hall–Kier alpha value is -1.48. The van der Waals surface area contributed by atoms with Gasteiger partial charge in [-0.05, 0) is 43.5 Å². The zero-order valence-electron chi connectivity index (χ0n) is 12.2. The molecule has 1 aromatic heterocycles. The van der Waals surface area contributed by atoms with Gasteiger partial charge in [0, 0.05) is 37.1 Å². The van der Waals surface area contributed by atoms with Crippen molar-refractivity contribution in [1.29, 1.82) is 0 Å². The van der Waals surface area contributed by atoms with Crippen molar-refractivity contribution < 1.29 is 0 Å². The summed E-state index contributed by atoms with van der Waals surface area (Å²) in [6.07, 6.45) is 3.05. The third kappa shape index (κ3) is 2.20. The first-order valence-corrected chi connectivity index (χ1v) is 7.50. The Morgan fingerprint density at radius 3 is 2.60 bits per heavy atom. The molecule has 0 saturated carbocycles. The third-order valence-electron chi connectivity index (χ3n) is 4.52. The third-order valence-corrected chi connectivity index (χ3v) is 4.83. The molecule has 0 N–H and O–H groups in total. The molecule has 1 aromatic carbocycles. The molecule has 3 nitrogen and oxygen atoms in total. The molecule has 1 aliphatic heterocycles. The molecule has 0 amide bonds. The van der Waals surface area contributed by atoms with Gasteiger partial charge in [0.05, 0.1) is 10.7 Å². The second-order valence-corrected chi connectivity index (χ2v) is 6.11. The number of nitrogens with zero attached hydrogens (tertiary/aromatic N) is 3. The first-order chi connectivity index (χ1) is 9.58. The summed E-state index contributed by atoms with van der Waals surface area (Å²) < 4.78 is 1.85. The largest absolute Gasteiger partial charge is 0.369 e. The number of anilines is 1. The Morgan fingerprint density at radius 2 is 2.05 bits per heavy atom. The van der Waals surface area contributed by atoms with Crippen molar-refractivity contribution in [2.45, 2.75) is 26.3 Å². The summed E-state index contributed by atoms with van der Waals surface area (Å²) in [6.45, 7) is 5.72. The highest BCUT2D eigenvalue weighted by molar-refractivity contribution is 6.33. The van der Waals surface area contributed by atoms with Crippen LogP contribution in [0.2, 0.25) is 5.02 Å². The molecular weight excluding hydrogens is 270 g/mol. The lowest BCUT2D eigenvalue weighted by molar-refractivity contribution is 0.546. The Balaban J connectivity index is 1.94. The highest BCUT2D eigenvalue weighted by Gasteiger charge is 2.27. The minimum absolute atomic E-state index is 0.577. The normalized spacial score (nSPS) is 22.5. The van der Waals surface area contributed by atoms with Crippen molar-refractivity contribution in [2.75, 3.05) is 11.4 Å². The minimum Gasteiger partial charge on any atom is -0.369 e. The standard InChI is InChI=1S/C16H20ClN3/c1-11-7-9-20(12(11)2)13-4-5-14(15(17)10-13)16-6-8-18-19(16)3/h4-6,8,10-12H,7,9H2,1-3H3/t11?,12-/m0/s1. The van der Waals surface area contributed by atoms with E-state index in [1.165, 1.54) is 12.1 Å². The minimum atomic E-state index is 0.577. The zero-order valence-corrected chi connectivity index (χ0v) is 12.9. The fraction of sp³-hybridized carbons (Fsp3) is 0.438. The van der Waals surface area contributed by atoms with E-state index < -0.39 is 0 Å². The molecule has 3 rings (SSSR count). The summed E-state index contributed by atoms with van der Waals surface area (Å²) in [5.41, 5.74) is 3.30. The van der Waals surface area contributed by atoms with E-state index in [1.54, 1.807) is 6.20 Å². The number of aryl methyl sites for hydroxylation is 1. The molecule has 20 heavy (non-hydrogen) atoms. The number of rotatable bonds is 2. The molecule has 1 saturated heterocycles. The van der Waals surface area contributed by atoms with Crippen molar-refractivity contribution in [1.82, 2.24) is 9.78 Å². The van der Waals surface area contributed by atoms with Crippen molar-refractivity contribution in [3.63, 3.8) is 0 Å². The average molecular weight is 290 g/mol. The fourth-order valence-electron chi connectivity index (χ4n) is 2.99. The first kappa shape index (κ1) is 13.5. The molecule has 4 heteroatoms. The van der Waals surface area contributed by atoms with E-state index in [2.05, 4.69) is 42.0 Å². The monoisotopic (exact) mass is 289 g/mol. The fourth-order valence-corrected chi connectivity index (χ4v) is 3.26. The van der Waals surface area contributed by atoms with E-state index in [-0.39, 0.29) is 0 Å². The highest BCUT2D eigenvalue weighted by atomic mass is 35.5. The molecule has 1 unspecified atom stereocenters. The van der Waals surface area contributed by atoms with E-state index >= 15 is 0 Å². The van der Waals surface area contributed by atoms with Crippen LogP contribution in [-0.4, -0.2) is 22.4 Å². The lowest BCUT2D eigenvalue weighted by atomic mass is 10.0. The smallest absolute Gasteiger partial charge is 0.0693 e. The molecule has 0 radical (unpaired) electrons. The lowest BCUT2D eigenvalue weighted by Crippen LogP contribution is -2.28. The first-order valence-electron chi connectivity index (χ1n) is 7.12. The lowest BCUT2D eigenvalue weighted by Gasteiger charge is -2.26. The highest BCUT2D eigenvalue weighted by Crippen LogP contribution is 2.35. The summed E-state index contributed by atoms with van der Waals surface area (Å²) in [4.78, 5) is 2.45. The maximum absolute atomic E-state index is 6.49. The molecule has 2 aromatic rings. The van der Waals surface area contributed by atoms with Crippen LogP contribution in [0.15, 0.2) is 30.5 Å². The Morgan fingerprint density at radius 1 is 1.25 bits per heavy atom. The molecule has 2 atom stereocenters. The van der Waals surface area contributed by atoms with Crippen molar-refractivity contribution >= 4 is 17.3 Å². The zero-order chi connectivity index (χ0) is 14.3. The molecule has 0 spiro atoms. The van der Waals surface area contributed by atoms with Gasteiger partial charge in [-0.2, -0.15) is 5.10 Å². The number of halogens is 1. The molecule has 2 heterocycles. The van der Waals surface area contributed by atoms with Gasteiger partial charge in [-0.25, -0.2) is 0 Å². The van der Waals surface area contributed by atoms with Gasteiger partial charge in [-0.15, -0.1) is 0 Å². The van der Waals surface area contributed by atoms with E-state index in [0.717, 1.165) is 28.7 Å². The molecule has 0 bridgehead atoms. The summed E-state index contributed by atoms with van der Waals surface area (Å²) in [7, 11) is 1.93. The van der Waals surface area contributed by atoms with Gasteiger partial charge in [-0.3, -0.25) is 4.68 Å². The van der Waals surface area contributed by atoms with Crippen LogP contribution in [0.4, 0.5) is 5.69 Å². The van der Waals surface area contributed by atoms with Gasteiger partial charge in [-0.1, -0.05) is 18.5 Å². The van der Waals surface area contributed by atoms with Gasteiger partial charge < -0.3 is 4.90 Å². The number of hydrogen-bond acceptors (Lipinski definition) is 2. The SMILES string of the molecule is CC1CCN(c2ccc(-c3ccnn3C)c(Cl)c2)[C@H]1C. The average Bonchev–Trinajstić information content (AvgIpc) is 2.98. The maximum atomic E-state index is 6.49.